The summed E-state index contributed by atoms with van der Waals surface area (Å²) in [5.74, 6) is 1.39. The zero-order valence-corrected chi connectivity index (χ0v) is 17.9. The number of unbranched alkanes of at least 4 members (excludes halogenated alkanes) is 2. The Hall–Kier alpha value is -1.62. The molecule has 29 heavy (non-hydrogen) atoms. The number of piperidine rings is 1. The fraction of sp³-hybridized carbons (Fsp3) is 0.708. The first-order chi connectivity index (χ1) is 14.0. The van der Waals surface area contributed by atoms with E-state index in [1.807, 2.05) is 0 Å². The topological polar surface area (TPSA) is 32.8 Å². The van der Waals surface area contributed by atoms with Crippen LogP contribution in [0.1, 0.15) is 65.2 Å². The van der Waals surface area contributed by atoms with Crippen LogP contribution in [-0.4, -0.2) is 42.6 Å². The fourth-order valence-corrected chi connectivity index (χ4v) is 5.71. The lowest BCUT2D eigenvalue weighted by atomic mass is 9.86. The van der Waals surface area contributed by atoms with E-state index < -0.39 is 0 Å². The number of carbonyl (C=O) groups is 1. The summed E-state index contributed by atoms with van der Waals surface area (Å²) in [5.41, 5.74) is 0.701. The van der Waals surface area contributed by atoms with Crippen molar-refractivity contribution in [2.45, 2.75) is 77.3 Å². The highest BCUT2D eigenvalue weighted by Gasteiger charge is 2.41. The Morgan fingerprint density at radius 3 is 2.66 bits per heavy atom. The van der Waals surface area contributed by atoms with E-state index in [1.165, 1.54) is 63.5 Å². The number of hydrogen-bond acceptors (Lipinski definition) is 3. The van der Waals surface area contributed by atoms with E-state index in [-0.39, 0.29) is 18.3 Å². The molecule has 0 aliphatic carbocycles. The number of halogens is 1. The Morgan fingerprint density at radius 1 is 1.17 bits per heavy atom. The van der Waals surface area contributed by atoms with Crippen molar-refractivity contribution in [1.82, 2.24) is 4.90 Å². The summed E-state index contributed by atoms with van der Waals surface area (Å²) in [7, 11) is 0. The molecule has 4 atom stereocenters. The third-order valence-corrected chi connectivity index (χ3v) is 7.08. The SMILES string of the molecule is CCCCCC1C[C@H]2CC[C@@H](C1)N2CC(C)CN1C(=O)COc2cc(F)ccc21. The molecule has 0 radical (unpaired) electrons. The van der Waals surface area contributed by atoms with Crippen molar-refractivity contribution in [2.75, 3.05) is 24.6 Å². The Bertz CT molecular complexity index is 711. The van der Waals surface area contributed by atoms with Gasteiger partial charge in [0, 0.05) is 31.2 Å². The predicted octanol–water partition coefficient (Wildman–Crippen LogP) is 5.01. The number of ether oxygens (including phenoxy) is 1. The second-order valence-corrected chi connectivity index (χ2v) is 9.43. The maximum absolute atomic E-state index is 13.5. The summed E-state index contributed by atoms with van der Waals surface area (Å²) in [5, 5.41) is 0. The van der Waals surface area contributed by atoms with Crippen LogP contribution in [0, 0.1) is 17.7 Å². The van der Waals surface area contributed by atoms with Crippen LogP contribution in [0.3, 0.4) is 0 Å². The first-order valence-corrected chi connectivity index (χ1v) is 11.5. The van der Waals surface area contributed by atoms with Gasteiger partial charge in [0.1, 0.15) is 11.6 Å². The van der Waals surface area contributed by atoms with Crippen LogP contribution in [0.2, 0.25) is 0 Å². The first-order valence-electron chi connectivity index (χ1n) is 11.5. The molecule has 3 aliphatic heterocycles. The molecular weight excluding hydrogens is 367 g/mol. The molecule has 2 unspecified atom stereocenters. The zero-order valence-electron chi connectivity index (χ0n) is 17.9. The van der Waals surface area contributed by atoms with Crippen molar-refractivity contribution in [2.24, 2.45) is 11.8 Å². The molecule has 4 rings (SSSR count). The first kappa shape index (κ1) is 20.6. The summed E-state index contributed by atoms with van der Waals surface area (Å²) in [6.07, 6.45) is 10.8. The number of amides is 1. The Balaban J connectivity index is 1.35. The maximum Gasteiger partial charge on any atom is 0.265 e. The van der Waals surface area contributed by atoms with Crippen LogP contribution < -0.4 is 9.64 Å². The lowest BCUT2D eigenvalue weighted by Crippen LogP contribution is -2.48. The zero-order chi connectivity index (χ0) is 20.4. The van der Waals surface area contributed by atoms with Crippen molar-refractivity contribution < 1.29 is 13.9 Å². The Labute approximate surface area is 174 Å². The molecule has 1 aromatic carbocycles. The normalized spacial score (nSPS) is 27.6. The molecule has 0 spiro atoms. The smallest absolute Gasteiger partial charge is 0.265 e. The summed E-state index contributed by atoms with van der Waals surface area (Å²) < 4.78 is 19.0. The molecule has 3 aliphatic rings. The van der Waals surface area contributed by atoms with Crippen LogP contribution in [-0.2, 0) is 4.79 Å². The predicted molar refractivity (Wildman–Crippen MR) is 114 cm³/mol. The standard InChI is InChI=1S/C24H35FN2O2/c1-3-4-5-6-18-11-20-8-9-21(12-18)26(20)14-17(2)15-27-22-10-7-19(25)13-23(22)29-16-24(27)28/h7,10,13,17-18,20-21H,3-6,8-9,11-12,14-16H2,1-2H3/t17?,18?,20-,21+. The van der Waals surface area contributed by atoms with Crippen LogP contribution in [0.15, 0.2) is 18.2 Å². The summed E-state index contributed by atoms with van der Waals surface area (Å²) in [6, 6.07) is 5.90. The number of rotatable bonds is 8. The minimum atomic E-state index is -0.329. The van der Waals surface area contributed by atoms with Gasteiger partial charge in [-0.25, -0.2) is 4.39 Å². The molecule has 4 nitrogen and oxygen atoms in total. The Morgan fingerprint density at radius 2 is 1.93 bits per heavy atom. The summed E-state index contributed by atoms with van der Waals surface area (Å²) in [6.45, 7) is 6.22. The van der Waals surface area contributed by atoms with Crippen molar-refractivity contribution in [1.29, 1.82) is 0 Å². The van der Waals surface area contributed by atoms with Gasteiger partial charge in [0.25, 0.3) is 5.91 Å². The number of nitrogens with zero attached hydrogens (tertiary/aromatic N) is 2. The van der Waals surface area contributed by atoms with Crippen LogP contribution in [0.5, 0.6) is 5.75 Å². The van der Waals surface area contributed by atoms with Gasteiger partial charge in [-0.1, -0.05) is 39.5 Å². The van der Waals surface area contributed by atoms with Crippen molar-refractivity contribution >= 4 is 11.6 Å². The highest BCUT2D eigenvalue weighted by atomic mass is 19.1. The van der Waals surface area contributed by atoms with E-state index in [0.29, 0.717) is 23.9 Å². The van der Waals surface area contributed by atoms with E-state index in [0.717, 1.165) is 24.5 Å². The lowest BCUT2D eigenvalue weighted by Gasteiger charge is -2.41. The van der Waals surface area contributed by atoms with E-state index >= 15 is 0 Å². The molecular formula is C24H35FN2O2. The molecule has 2 fully saturated rings. The largest absolute Gasteiger partial charge is 0.481 e. The van der Waals surface area contributed by atoms with Crippen LogP contribution >= 0.6 is 0 Å². The molecule has 2 bridgehead atoms. The van der Waals surface area contributed by atoms with Gasteiger partial charge in [-0.2, -0.15) is 0 Å². The second-order valence-electron chi connectivity index (χ2n) is 9.43. The van der Waals surface area contributed by atoms with E-state index in [2.05, 4.69) is 18.7 Å². The minimum absolute atomic E-state index is 0.00240. The number of carbonyl (C=O) groups excluding carboxylic acids is 1. The summed E-state index contributed by atoms with van der Waals surface area (Å²) in [4.78, 5) is 17.0. The minimum Gasteiger partial charge on any atom is -0.481 e. The average Bonchev–Trinajstić information content (AvgIpc) is 2.92. The third kappa shape index (κ3) is 4.60. The fourth-order valence-electron chi connectivity index (χ4n) is 5.71. The second kappa shape index (κ2) is 9.03. The number of anilines is 1. The molecule has 3 heterocycles. The van der Waals surface area contributed by atoms with Crippen molar-refractivity contribution in [3.05, 3.63) is 24.0 Å². The molecule has 0 aromatic heterocycles. The third-order valence-electron chi connectivity index (χ3n) is 7.08. The highest BCUT2D eigenvalue weighted by Crippen LogP contribution is 2.41. The van der Waals surface area contributed by atoms with E-state index in [1.54, 1.807) is 11.0 Å². The van der Waals surface area contributed by atoms with E-state index in [4.69, 9.17) is 4.74 Å². The number of benzene rings is 1. The molecule has 2 saturated heterocycles. The monoisotopic (exact) mass is 402 g/mol. The molecule has 1 amide bonds. The van der Waals surface area contributed by atoms with Gasteiger partial charge in [-0.05, 0) is 49.7 Å². The average molecular weight is 403 g/mol. The molecule has 0 N–H and O–H groups in total. The quantitative estimate of drug-likeness (QED) is 0.573. The maximum atomic E-state index is 13.5. The number of hydrogen-bond donors (Lipinski definition) is 0. The van der Waals surface area contributed by atoms with Gasteiger partial charge in [0.2, 0.25) is 0 Å². The lowest BCUT2D eigenvalue weighted by molar-refractivity contribution is -0.121. The van der Waals surface area contributed by atoms with Gasteiger partial charge < -0.3 is 9.64 Å². The number of fused-ring (bicyclic) bond motifs is 3. The van der Waals surface area contributed by atoms with Gasteiger partial charge in [0.15, 0.2) is 6.61 Å². The van der Waals surface area contributed by atoms with Gasteiger partial charge in [-0.15, -0.1) is 0 Å². The van der Waals surface area contributed by atoms with Gasteiger partial charge in [-0.3, -0.25) is 9.69 Å². The Kier molecular flexibility index (Phi) is 6.43. The van der Waals surface area contributed by atoms with Crippen LogP contribution in [0.4, 0.5) is 10.1 Å². The van der Waals surface area contributed by atoms with Gasteiger partial charge in [0.05, 0.1) is 5.69 Å². The van der Waals surface area contributed by atoms with Crippen molar-refractivity contribution in [3.63, 3.8) is 0 Å². The molecule has 5 heteroatoms. The molecule has 0 saturated carbocycles. The molecule has 1 aromatic rings. The molecule has 160 valence electrons. The van der Waals surface area contributed by atoms with Crippen LogP contribution in [0.25, 0.3) is 0 Å². The van der Waals surface area contributed by atoms with Gasteiger partial charge >= 0.3 is 0 Å². The summed E-state index contributed by atoms with van der Waals surface area (Å²) >= 11 is 0. The highest BCUT2D eigenvalue weighted by molar-refractivity contribution is 5.97. The van der Waals surface area contributed by atoms with Crippen molar-refractivity contribution in [3.8, 4) is 5.75 Å². The van der Waals surface area contributed by atoms with E-state index in [9.17, 15) is 9.18 Å².